The molecule has 2 aromatic carbocycles. The monoisotopic (exact) mass is 536 g/mol. The highest BCUT2D eigenvalue weighted by molar-refractivity contribution is 5.86. The molecule has 2 aromatic rings. The average molecular weight is 537 g/mol. The molecule has 0 saturated heterocycles. The fraction of sp³-hybridized carbons (Fsp3) is 0.387. The molecular formula is C31H40N2O6. The number of allylic oxidation sites excluding steroid dienone is 2. The van der Waals surface area contributed by atoms with E-state index in [1.54, 1.807) is 19.1 Å². The highest BCUT2D eigenvalue weighted by Gasteiger charge is 2.25. The predicted octanol–water partition coefficient (Wildman–Crippen LogP) is 3.88. The molecule has 2 rings (SSSR count). The van der Waals surface area contributed by atoms with Gasteiger partial charge in [0.2, 0.25) is 11.8 Å². The summed E-state index contributed by atoms with van der Waals surface area (Å²) in [6, 6.07) is 16.5. The van der Waals surface area contributed by atoms with Crippen LogP contribution in [0.4, 0.5) is 0 Å². The topological polar surface area (TPSA) is 114 Å². The van der Waals surface area contributed by atoms with E-state index in [1.165, 1.54) is 0 Å². The van der Waals surface area contributed by atoms with Gasteiger partial charge in [0.1, 0.15) is 19.0 Å². The van der Waals surface area contributed by atoms with Crippen molar-refractivity contribution in [2.45, 2.75) is 57.7 Å². The van der Waals surface area contributed by atoms with Gasteiger partial charge in [0, 0.05) is 18.9 Å². The van der Waals surface area contributed by atoms with E-state index in [2.05, 4.69) is 23.8 Å². The van der Waals surface area contributed by atoms with Gasteiger partial charge in [-0.2, -0.15) is 0 Å². The van der Waals surface area contributed by atoms with Crippen molar-refractivity contribution in [2.24, 2.45) is 5.92 Å². The molecule has 8 nitrogen and oxygen atoms in total. The maximum atomic E-state index is 13.2. The number of aliphatic hydroxyl groups is 1. The minimum absolute atomic E-state index is 0.0114. The highest BCUT2D eigenvalue weighted by Crippen LogP contribution is 2.17. The van der Waals surface area contributed by atoms with E-state index in [0.29, 0.717) is 31.6 Å². The molecule has 0 aliphatic rings. The Morgan fingerprint density at radius 1 is 0.974 bits per heavy atom. The van der Waals surface area contributed by atoms with Crippen LogP contribution in [-0.2, 0) is 32.1 Å². The fourth-order valence-electron chi connectivity index (χ4n) is 3.79. The lowest BCUT2D eigenvalue weighted by Crippen LogP contribution is -2.45. The zero-order valence-electron chi connectivity index (χ0n) is 22.6. The molecule has 3 atom stereocenters. The molecule has 0 aliphatic heterocycles. The maximum Gasteiger partial charge on any atom is 0.306 e. The Balaban J connectivity index is 2.05. The summed E-state index contributed by atoms with van der Waals surface area (Å²) in [6.45, 7) is 9.24. The average Bonchev–Trinajstić information content (AvgIpc) is 2.94. The van der Waals surface area contributed by atoms with Gasteiger partial charge >= 0.3 is 5.97 Å². The van der Waals surface area contributed by atoms with Crippen LogP contribution in [0.2, 0.25) is 0 Å². The Kier molecular flexibility index (Phi) is 14.1. The molecule has 0 fully saturated rings. The molecule has 210 valence electrons. The summed E-state index contributed by atoms with van der Waals surface area (Å²) >= 11 is 0. The van der Waals surface area contributed by atoms with Crippen LogP contribution < -0.4 is 15.4 Å². The smallest absolute Gasteiger partial charge is 0.306 e. The van der Waals surface area contributed by atoms with Crippen molar-refractivity contribution < 1.29 is 29.0 Å². The molecule has 3 N–H and O–H groups in total. The van der Waals surface area contributed by atoms with Crippen molar-refractivity contribution in [2.75, 3.05) is 13.2 Å². The van der Waals surface area contributed by atoms with Crippen LogP contribution in [0.5, 0.6) is 5.75 Å². The highest BCUT2D eigenvalue weighted by atomic mass is 16.5. The number of amides is 2. The molecule has 0 aliphatic carbocycles. The predicted molar refractivity (Wildman–Crippen MR) is 151 cm³/mol. The first-order chi connectivity index (χ1) is 18.8. The molecule has 39 heavy (non-hydrogen) atoms. The first-order valence-corrected chi connectivity index (χ1v) is 13.2. The van der Waals surface area contributed by atoms with Crippen molar-refractivity contribution >= 4 is 17.8 Å². The zero-order chi connectivity index (χ0) is 28.5. The molecule has 0 bridgehead atoms. The molecule has 0 heterocycles. The first-order valence-electron chi connectivity index (χ1n) is 13.2. The van der Waals surface area contributed by atoms with Crippen LogP contribution in [-0.4, -0.2) is 48.2 Å². The van der Waals surface area contributed by atoms with Crippen molar-refractivity contribution in [3.8, 4) is 5.75 Å². The Hall–Kier alpha value is -3.91. The van der Waals surface area contributed by atoms with Crippen LogP contribution in [0.3, 0.4) is 0 Å². The largest absolute Gasteiger partial charge is 0.489 e. The SMILES string of the molecule is C=CCCC(=O)OCC(Cc1ccc(OCc2ccccc2)cc1)NC(=O)C(CC=C)CC(=O)NC(C)CO. The van der Waals surface area contributed by atoms with Crippen molar-refractivity contribution in [3.05, 3.63) is 91.0 Å². The van der Waals surface area contributed by atoms with Gasteiger partial charge in [-0.3, -0.25) is 14.4 Å². The van der Waals surface area contributed by atoms with Gasteiger partial charge < -0.3 is 25.2 Å². The lowest BCUT2D eigenvalue weighted by molar-refractivity contribution is -0.145. The molecule has 2 amide bonds. The number of carbonyl (C=O) groups excluding carboxylic acids is 3. The number of rotatable bonds is 18. The van der Waals surface area contributed by atoms with Gasteiger partial charge in [-0.1, -0.05) is 54.6 Å². The van der Waals surface area contributed by atoms with Gasteiger partial charge in [0.25, 0.3) is 0 Å². The van der Waals surface area contributed by atoms with Gasteiger partial charge in [-0.05, 0) is 49.4 Å². The number of esters is 1. The van der Waals surface area contributed by atoms with Crippen LogP contribution in [0.15, 0.2) is 79.9 Å². The minimum Gasteiger partial charge on any atom is -0.489 e. The summed E-state index contributed by atoms with van der Waals surface area (Å²) in [5.41, 5.74) is 1.99. The molecule has 0 aromatic heterocycles. The van der Waals surface area contributed by atoms with E-state index in [1.807, 2.05) is 54.6 Å². The number of aliphatic hydroxyl groups excluding tert-OH is 1. The van der Waals surface area contributed by atoms with Crippen molar-refractivity contribution in [1.82, 2.24) is 10.6 Å². The van der Waals surface area contributed by atoms with Gasteiger partial charge in [0.05, 0.1) is 18.6 Å². The summed E-state index contributed by atoms with van der Waals surface area (Å²) < 4.78 is 11.3. The maximum absolute atomic E-state index is 13.2. The molecule has 0 saturated carbocycles. The number of hydrogen-bond acceptors (Lipinski definition) is 6. The third-order valence-corrected chi connectivity index (χ3v) is 5.93. The second-order valence-electron chi connectivity index (χ2n) is 9.41. The zero-order valence-corrected chi connectivity index (χ0v) is 22.6. The van der Waals surface area contributed by atoms with Gasteiger partial charge in [0.15, 0.2) is 0 Å². The number of benzene rings is 2. The molecule has 0 radical (unpaired) electrons. The van der Waals surface area contributed by atoms with Crippen LogP contribution in [0.25, 0.3) is 0 Å². The summed E-state index contributed by atoms with van der Waals surface area (Å²) in [5.74, 6) is -0.984. The third-order valence-electron chi connectivity index (χ3n) is 5.93. The normalized spacial score (nSPS) is 12.9. The Morgan fingerprint density at radius 3 is 2.33 bits per heavy atom. The second-order valence-corrected chi connectivity index (χ2v) is 9.41. The summed E-state index contributed by atoms with van der Waals surface area (Å²) in [6.07, 6.45) is 4.60. The van der Waals surface area contributed by atoms with E-state index in [0.717, 1.165) is 11.1 Å². The number of carbonyl (C=O) groups is 3. The Labute approximate surface area is 231 Å². The van der Waals surface area contributed by atoms with Crippen LogP contribution >= 0.6 is 0 Å². The third kappa shape index (κ3) is 12.5. The van der Waals surface area contributed by atoms with Crippen LogP contribution in [0, 0.1) is 5.92 Å². The van der Waals surface area contributed by atoms with E-state index in [4.69, 9.17) is 9.47 Å². The number of ether oxygens (including phenoxy) is 2. The fourth-order valence-corrected chi connectivity index (χ4v) is 3.79. The van der Waals surface area contributed by atoms with Crippen LogP contribution in [0.1, 0.15) is 43.7 Å². The van der Waals surface area contributed by atoms with E-state index < -0.39 is 18.0 Å². The van der Waals surface area contributed by atoms with E-state index >= 15 is 0 Å². The number of nitrogens with one attached hydrogen (secondary N) is 2. The Bertz CT molecular complexity index is 1050. The van der Waals surface area contributed by atoms with Gasteiger partial charge in [-0.15, -0.1) is 13.2 Å². The Morgan fingerprint density at radius 2 is 1.69 bits per heavy atom. The summed E-state index contributed by atoms with van der Waals surface area (Å²) in [4.78, 5) is 37.6. The minimum atomic E-state index is -0.652. The lowest BCUT2D eigenvalue weighted by Gasteiger charge is -2.23. The molecule has 0 spiro atoms. The van der Waals surface area contributed by atoms with Crippen molar-refractivity contribution in [1.29, 1.82) is 0 Å². The molecule has 3 unspecified atom stereocenters. The first kappa shape index (κ1) is 31.3. The van der Waals surface area contributed by atoms with E-state index in [9.17, 15) is 19.5 Å². The molecular weight excluding hydrogens is 496 g/mol. The standard InChI is InChI=1S/C31H40N2O6/c1-4-6-13-30(36)39-22-27(33-31(37)26(10-5-2)19-29(35)32-23(3)20-34)18-24-14-16-28(17-15-24)38-21-25-11-8-7-9-12-25/h4-5,7-9,11-12,14-17,23,26-27,34H,1-2,6,10,13,18-22H2,3H3,(H,32,35)(H,33,37). The summed E-state index contributed by atoms with van der Waals surface area (Å²) in [5, 5.41) is 14.8. The quantitative estimate of drug-likeness (QED) is 0.197. The molecule has 8 heteroatoms. The second kappa shape index (κ2) is 17.6. The number of hydrogen-bond donors (Lipinski definition) is 3. The van der Waals surface area contributed by atoms with Crippen molar-refractivity contribution in [3.63, 3.8) is 0 Å². The lowest BCUT2D eigenvalue weighted by atomic mass is 9.98. The summed E-state index contributed by atoms with van der Waals surface area (Å²) in [7, 11) is 0. The van der Waals surface area contributed by atoms with Gasteiger partial charge in [-0.25, -0.2) is 0 Å². The van der Waals surface area contributed by atoms with E-state index in [-0.39, 0.29) is 43.8 Å².